The zero-order chi connectivity index (χ0) is 0. The van der Waals surface area contributed by atoms with E-state index in [4.69, 9.17) is 0 Å². The molecule has 8 heteroatoms. The molecule has 0 spiro atoms. The third-order valence-corrected chi connectivity index (χ3v) is 0. The molecule has 0 aliphatic rings. The molecule has 40 valence electrons. The molecular weight excluding hydrogens is 527 g/mol. The molecule has 0 radical (unpaired) electrons. The van der Waals surface area contributed by atoms with Crippen LogP contribution in [0.1, 0.15) is 0 Å². The monoisotopic (exact) mass is 527 g/mol. The molecule has 0 saturated carbocycles. The maximum absolute atomic E-state index is 0. The van der Waals surface area contributed by atoms with Crippen LogP contribution in [0.5, 0.6) is 0 Å². The summed E-state index contributed by atoms with van der Waals surface area (Å²) in [7, 11) is 0. The average Bonchev–Trinajstić information content (AvgIpc) is 0. The summed E-state index contributed by atoms with van der Waals surface area (Å²) in [6.45, 7) is 0. The first kappa shape index (κ1) is 80.9. The quantitative estimate of drug-likeness (QED) is 0.323. The van der Waals surface area contributed by atoms with Crippen molar-refractivity contribution in [3.05, 3.63) is 0 Å². The Morgan fingerprint density at radius 3 is 0.250 bits per heavy atom. The second-order valence-electron chi connectivity index (χ2n) is 0. The van der Waals surface area contributed by atoms with E-state index < -0.39 is 0 Å². The molecule has 0 aromatic heterocycles. The molecule has 0 nitrogen and oxygen atoms in total. The topological polar surface area (TPSA) is 0 Å². The van der Waals surface area contributed by atoms with E-state index in [0.717, 1.165) is 0 Å². The van der Waals surface area contributed by atoms with Crippen molar-refractivity contribution in [3.8, 4) is 0 Å². The molecule has 8 heavy (non-hydrogen) atoms. The van der Waals surface area contributed by atoms with Gasteiger partial charge in [-0.3, -0.25) is 0 Å². The average molecular weight is 527 g/mol. The first-order chi connectivity index (χ1) is 0. The van der Waals surface area contributed by atoms with Gasteiger partial charge in [0.1, 0.15) is 0 Å². The summed E-state index contributed by atoms with van der Waals surface area (Å²) >= 11 is 0. The van der Waals surface area contributed by atoms with E-state index in [1.165, 1.54) is 0 Å². The number of hydrogen-bond acceptors (Lipinski definition) is 0. The van der Waals surface area contributed by atoms with E-state index in [1.807, 2.05) is 0 Å². The molecule has 0 N–H and O–H groups in total. The maximum atomic E-state index is 0. The summed E-state index contributed by atoms with van der Waals surface area (Å²) < 4.78 is 0. The molecule has 0 saturated heterocycles. The van der Waals surface area contributed by atoms with Crippen LogP contribution in [0.4, 0.5) is 0 Å². The Morgan fingerprint density at radius 1 is 0.250 bits per heavy atom. The van der Waals surface area contributed by atoms with Crippen LogP contribution in [-0.4, -0.2) is 89.8 Å². The number of rotatable bonds is 0. The van der Waals surface area contributed by atoms with Crippen molar-refractivity contribution in [3.63, 3.8) is 0 Å². The second kappa shape index (κ2) is 62.1. The Morgan fingerprint density at radius 2 is 0.250 bits per heavy atom. The summed E-state index contributed by atoms with van der Waals surface area (Å²) in [6, 6.07) is 0. The van der Waals surface area contributed by atoms with Crippen LogP contribution in [0.15, 0.2) is 0 Å². The second-order valence-corrected chi connectivity index (χ2v) is 0. The summed E-state index contributed by atoms with van der Waals surface area (Å²) in [5.41, 5.74) is 0. The van der Waals surface area contributed by atoms with Crippen molar-refractivity contribution in [1.82, 2.24) is 0 Å². The molecular formula is As5V3. The predicted molar refractivity (Wildman–Crippen MR) is 28.8 cm³/mol. The Bertz CT molecular complexity index is 7.64. The van der Waals surface area contributed by atoms with Gasteiger partial charge in [-0.25, -0.2) is 0 Å². The van der Waals surface area contributed by atoms with Gasteiger partial charge in [-0.2, -0.15) is 0 Å². The van der Waals surface area contributed by atoms with E-state index in [1.54, 1.807) is 0 Å². The Labute approximate surface area is 143 Å². The van der Waals surface area contributed by atoms with Crippen LogP contribution in [0.25, 0.3) is 0 Å². The zero-order valence-electron chi connectivity index (χ0n) is 3.58. The number of hydrogen-bond donors (Lipinski definition) is 0. The van der Waals surface area contributed by atoms with Gasteiger partial charge in [-0.1, -0.05) is 0 Å². The van der Waals surface area contributed by atoms with E-state index in [9.17, 15) is 0 Å². The van der Waals surface area contributed by atoms with E-state index in [0.29, 0.717) is 0 Å². The first-order valence-corrected chi connectivity index (χ1v) is 0. The molecule has 0 aromatic carbocycles. The van der Waals surface area contributed by atoms with Gasteiger partial charge in [0, 0.05) is 0 Å². The van der Waals surface area contributed by atoms with Gasteiger partial charge < -0.3 is 89.8 Å². The van der Waals surface area contributed by atoms with Crippen molar-refractivity contribution >= 4 is 89.8 Å². The SMILES string of the molecule is [As-3].[As-3].[As-3].[As-3].[As-3].[V+5].[V+5].[V+5]. The third kappa shape index (κ3) is 46.5. The van der Waals surface area contributed by atoms with Crippen LogP contribution in [0, 0.1) is 0 Å². The molecule has 0 rings (SSSR count). The molecule has 0 amide bonds. The van der Waals surface area contributed by atoms with Gasteiger partial charge in [-0.05, 0) is 0 Å². The van der Waals surface area contributed by atoms with Crippen molar-refractivity contribution < 1.29 is 55.7 Å². The normalized spacial score (nSPS) is 0. The zero-order valence-corrected chi connectivity index (χ0v) is 17.2. The smallest absolute Gasteiger partial charge is 3.00 e. The molecule has 0 unspecified atom stereocenters. The minimum absolute atomic E-state index is 0. The van der Waals surface area contributed by atoms with Gasteiger partial charge in [0.2, 0.25) is 0 Å². The molecule has 0 aromatic rings. The predicted octanol–water partition coefficient (Wildman–Crippen LogP) is -1.91. The molecule has 0 fully saturated rings. The summed E-state index contributed by atoms with van der Waals surface area (Å²) in [6.07, 6.45) is 0. The Balaban J connectivity index is 0. The third-order valence-electron chi connectivity index (χ3n) is 0. The largest absolute Gasteiger partial charge is 5.00 e. The van der Waals surface area contributed by atoms with Crippen molar-refractivity contribution in [1.29, 1.82) is 0 Å². The van der Waals surface area contributed by atoms with Gasteiger partial charge >= 0.3 is 55.7 Å². The van der Waals surface area contributed by atoms with Gasteiger partial charge in [0.15, 0.2) is 0 Å². The fourth-order valence-electron chi connectivity index (χ4n) is 0. The summed E-state index contributed by atoms with van der Waals surface area (Å²) in [5.74, 6) is 0. The maximum Gasteiger partial charge on any atom is 5.00 e. The van der Waals surface area contributed by atoms with Crippen LogP contribution >= 0.6 is 0 Å². The van der Waals surface area contributed by atoms with Gasteiger partial charge in [0.05, 0.1) is 0 Å². The molecule has 0 aliphatic carbocycles. The van der Waals surface area contributed by atoms with E-state index in [2.05, 4.69) is 0 Å². The molecule has 0 aliphatic heterocycles. The van der Waals surface area contributed by atoms with Crippen LogP contribution in [0.2, 0.25) is 0 Å². The Kier molecular flexibility index (Phi) is 629. The van der Waals surface area contributed by atoms with Crippen LogP contribution in [-0.2, 0) is 55.7 Å². The van der Waals surface area contributed by atoms with Crippen molar-refractivity contribution in [2.75, 3.05) is 0 Å². The van der Waals surface area contributed by atoms with E-state index >= 15 is 0 Å². The fraction of sp³-hybridized carbons (Fsp3) is 0. The van der Waals surface area contributed by atoms with Gasteiger partial charge in [0.25, 0.3) is 0 Å². The molecule has 0 atom stereocenters. The Hall–Kier alpha value is 4.55. The van der Waals surface area contributed by atoms with Crippen LogP contribution in [0.3, 0.4) is 0 Å². The molecule has 0 bridgehead atoms. The molecule has 0 heterocycles. The summed E-state index contributed by atoms with van der Waals surface area (Å²) in [4.78, 5) is 0. The first-order valence-electron chi connectivity index (χ1n) is 0. The van der Waals surface area contributed by atoms with E-state index in [-0.39, 0.29) is 145 Å². The van der Waals surface area contributed by atoms with Crippen molar-refractivity contribution in [2.24, 2.45) is 0 Å². The van der Waals surface area contributed by atoms with Crippen molar-refractivity contribution in [2.45, 2.75) is 0 Å². The standard InChI is InChI=1S/5As.3V/q5*-3;3*+5. The minimum atomic E-state index is 0. The fourth-order valence-corrected chi connectivity index (χ4v) is 0. The van der Waals surface area contributed by atoms with Crippen LogP contribution < -0.4 is 0 Å². The minimum Gasteiger partial charge on any atom is -3.00 e. The summed E-state index contributed by atoms with van der Waals surface area (Å²) in [5, 5.41) is 0. The van der Waals surface area contributed by atoms with Gasteiger partial charge in [-0.15, -0.1) is 0 Å².